The molecule has 1 saturated carbocycles. The molecule has 0 saturated heterocycles. The van der Waals surface area contributed by atoms with Crippen LogP contribution in [0.1, 0.15) is 38.3 Å². The van der Waals surface area contributed by atoms with Crippen molar-refractivity contribution in [2.24, 2.45) is 13.0 Å². The highest BCUT2D eigenvalue weighted by Crippen LogP contribution is 2.37. The van der Waals surface area contributed by atoms with Gasteiger partial charge in [-0.25, -0.2) is 0 Å². The van der Waals surface area contributed by atoms with Crippen LogP contribution in [0.4, 0.5) is 0 Å². The number of ether oxygens (including phenoxy) is 1. The first-order valence-electron chi connectivity index (χ1n) is 6.64. The molecule has 1 N–H and O–H groups in total. The number of aryl methyl sites for hydroxylation is 1. The summed E-state index contributed by atoms with van der Waals surface area (Å²) in [7, 11) is 3.53. The number of aliphatic hydroxyl groups excluding tert-OH is 1. The molecule has 1 atom stereocenters. The van der Waals surface area contributed by atoms with Crippen LogP contribution < -0.4 is 0 Å². The van der Waals surface area contributed by atoms with Gasteiger partial charge in [-0.15, -0.1) is 5.10 Å². The third-order valence-corrected chi connectivity index (χ3v) is 4.19. The fourth-order valence-electron chi connectivity index (χ4n) is 2.80. The lowest BCUT2D eigenvalue weighted by Crippen LogP contribution is -2.47. The second-order valence-electron chi connectivity index (χ2n) is 5.55. The zero-order valence-corrected chi connectivity index (χ0v) is 11.5. The summed E-state index contributed by atoms with van der Waals surface area (Å²) in [4.78, 5) is 0. The lowest BCUT2D eigenvalue weighted by atomic mass is 9.75. The Morgan fingerprint density at radius 2 is 2.22 bits per heavy atom. The van der Waals surface area contributed by atoms with Crippen LogP contribution in [-0.2, 0) is 18.2 Å². The second kappa shape index (κ2) is 5.36. The summed E-state index contributed by atoms with van der Waals surface area (Å²) in [6.07, 6.45) is 5.93. The van der Waals surface area contributed by atoms with Crippen LogP contribution in [-0.4, -0.2) is 38.9 Å². The maximum Gasteiger partial charge on any atom is 0.0940 e. The van der Waals surface area contributed by atoms with Gasteiger partial charge in [0.25, 0.3) is 0 Å². The molecular formula is C13H23N3O2. The van der Waals surface area contributed by atoms with Crippen LogP contribution in [0.25, 0.3) is 0 Å². The van der Waals surface area contributed by atoms with Crippen molar-refractivity contribution in [3.05, 3.63) is 11.9 Å². The molecule has 0 radical (unpaired) electrons. The van der Waals surface area contributed by atoms with E-state index in [0.29, 0.717) is 6.42 Å². The molecule has 18 heavy (non-hydrogen) atoms. The molecule has 0 spiro atoms. The molecule has 0 aromatic carbocycles. The quantitative estimate of drug-likeness (QED) is 0.879. The van der Waals surface area contributed by atoms with Crippen molar-refractivity contribution in [2.45, 2.75) is 50.7 Å². The smallest absolute Gasteiger partial charge is 0.0940 e. The van der Waals surface area contributed by atoms with Gasteiger partial charge in [0.05, 0.1) is 17.4 Å². The first kappa shape index (κ1) is 13.5. The Morgan fingerprint density at radius 1 is 1.56 bits per heavy atom. The van der Waals surface area contributed by atoms with E-state index < -0.39 is 11.7 Å². The predicted octanol–water partition coefficient (Wildman–Crippen LogP) is 1.31. The van der Waals surface area contributed by atoms with Gasteiger partial charge in [-0.2, -0.15) is 0 Å². The first-order valence-corrected chi connectivity index (χ1v) is 6.64. The third-order valence-electron chi connectivity index (χ3n) is 4.19. The summed E-state index contributed by atoms with van der Waals surface area (Å²) < 4.78 is 7.32. The number of nitrogens with zero attached hydrogens (tertiary/aromatic N) is 3. The maximum atomic E-state index is 10.5. The second-order valence-corrected chi connectivity index (χ2v) is 5.55. The minimum absolute atomic E-state index is 0.399. The summed E-state index contributed by atoms with van der Waals surface area (Å²) in [6.45, 7) is 2.26. The number of methoxy groups -OCH3 is 1. The molecule has 1 aliphatic rings. The lowest BCUT2D eigenvalue weighted by molar-refractivity contribution is -0.127. The van der Waals surface area contributed by atoms with Crippen molar-refractivity contribution < 1.29 is 9.84 Å². The van der Waals surface area contributed by atoms with Gasteiger partial charge in [0, 0.05) is 26.8 Å². The topological polar surface area (TPSA) is 60.2 Å². The largest absolute Gasteiger partial charge is 0.390 e. The van der Waals surface area contributed by atoms with E-state index in [1.807, 2.05) is 13.2 Å². The molecule has 1 aromatic rings. The van der Waals surface area contributed by atoms with Gasteiger partial charge in [0.1, 0.15) is 0 Å². The van der Waals surface area contributed by atoms with Gasteiger partial charge in [0.2, 0.25) is 0 Å². The van der Waals surface area contributed by atoms with E-state index in [4.69, 9.17) is 4.74 Å². The van der Waals surface area contributed by atoms with Crippen LogP contribution in [0.2, 0.25) is 0 Å². The molecule has 0 aliphatic heterocycles. The highest BCUT2D eigenvalue weighted by molar-refractivity contribution is 5.01. The summed E-state index contributed by atoms with van der Waals surface area (Å²) in [6, 6.07) is 0. The Bertz CT molecular complexity index is 383. The van der Waals surface area contributed by atoms with Gasteiger partial charge < -0.3 is 9.84 Å². The zero-order chi connectivity index (χ0) is 13.2. The van der Waals surface area contributed by atoms with E-state index in [0.717, 1.165) is 37.3 Å². The maximum absolute atomic E-state index is 10.5. The van der Waals surface area contributed by atoms with Gasteiger partial charge in [-0.1, -0.05) is 12.1 Å². The normalized spacial score (nSPS) is 30.3. The fourth-order valence-corrected chi connectivity index (χ4v) is 2.80. The minimum atomic E-state index is -0.508. The van der Waals surface area contributed by atoms with Crippen molar-refractivity contribution >= 4 is 0 Å². The standard InChI is InChI=1S/C13H23N3O2/c1-10-4-6-13(18-3,7-5-10)12(17)8-11-9-16(2)15-14-11/h9-10,12,17H,4-8H2,1-3H3. The van der Waals surface area contributed by atoms with Gasteiger partial charge in [-0.05, 0) is 31.6 Å². The monoisotopic (exact) mass is 253 g/mol. The lowest BCUT2D eigenvalue weighted by Gasteiger charge is -2.41. The van der Waals surface area contributed by atoms with Crippen molar-refractivity contribution in [1.29, 1.82) is 0 Å². The molecule has 1 fully saturated rings. The zero-order valence-electron chi connectivity index (χ0n) is 11.5. The molecule has 0 amide bonds. The Labute approximate surface area is 108 Å². The molecule has 1 heterocycles. The van der Waals surface area contributed by atoms with Crippen molar-refractivity contribution in [1.82, 2.24) is 15.0 Å². The van der Waals surface area contributed by atoms with E-state index in [1.165, 1.54) is 0 Å². The summed E-state index contributed by atoms with van der Waals surface area (Å²) in [5.74, 6) is 0.733. The number of hydrogen-bond donors (Lipinski definition) is 1. The molecule has 5 heteroatoms. The molecule has 1 unspecified atom stereocenters. The molecule has 1 aliphatic carbocycles. The van der Waals surface area contributed by atoms with E-state index in [-0.39, 0.29) is 0 Å². The molecule has 102 valence electrons. The van der Waals surface area contributed by atoms with Crippen molar-refractivity contribution in [3.8, 4) is 0 Å². The number of hydrogen-bond acceptors (Lipinski definition) is 4. The van der Waals surface area contributed by atoms with E-state index >= 15 is 0 Å². The molecule has 2 rings (SSSR count). The van der Waals surface area contributed by atoms with E-state index in [2.05, 4.69) is 17.2 Å². The van der Waals surface area contributed by atoms with Crippen LogP contribution >= 0.6 is 0 Å². The van der Waals surface area contributed by atoms with Gasteiger partial charge >= 0.3 is 0 Å². The summed E-state index contributed by atoms with van der Waals surface area (Å²) in [5, 5.41) is 18.4. The van der Waals surface area contributed by atoms with Crippen molar-refractivity contribution in [2.75, 3.05) is 7.11 Å². The van der Waals surface area contributed by atoms with Gasteiger partial charge in [-0.3, -0.25) is 4.68 Å². The SMILES string of the molecule is COC1(C(O)Cc2cn(C)nn2)CCC(C)CC1. The van der Waals surface area contributed by atoms with Crippen LogP contribution in [0.3, 0.4) is 0 Å². The highest BCUT2D eigenvalue weighted by Gasteiger charge is 2.40. The third kappa shape index (κ3) is 2.72. The predicted molar refractivity (Wildman–Crippen MR) is 68.1 cm³/mol. The van der Waals surface area contributed by atoms with Crippen LogP contribution in [0.5, 0.6) is 0 Å². The number of aliphatic hydroxyl groups is 1. The average molecular weight is 253 g/mol. The first-order chi connectivity index (χ1) is 8.55. The highest BCUT2D eigenvalue weighted by atomic mass is 16.5. The summed E-state index contributed by atoms with van der Waals surface area (Å²) in [5.41, 5.74) is 0.421. The van der Waals surface area contributed by atoms with Crippen LogP contribution in [0, 0.1) is 5.92 Å². The average Bonchev–Trinajstić information content (AvgIpc) is 2.76. The molecule has 0 bridgehead atoms. The van der Waals surface area contributed by atoms with E-state index in [1.54, 1.807) is 11.8 Å². The number of aromatic nitrogens is 3. The Morgan fingerprint density at radius 3 is 2.72 bits per heavy atom. The minimum Gasteiger partial charge on any atom is -0.390 e. The van der Waals surface area contributed by atoms with Gasteiger partial charge in [0.15, 0.2) is 0 Å². The Kier molecular flexibility index (Phi) is 4.02. The Balaban J connectivity index is 2.03. The fraction of sp³-hybridized carbons (Fsp3) is 0.846. The van der Waals surface area contributed by atoms with Crippen molar-refractivity contribution in [3.63, 3.8) is 0 Å². The van der Waals surface area contributed by atoms with Crippen LogP contribution in [0.15, 0.2) is 6.20 Å². The molecule has 5 nitrogen and oxygen atoms in total. The number of rotatable bonds is 4. The molecule has 1 aromatic heterocycles. The van der Waals surface area contributed by atoms with E-state index in [9.17, 15) is 5.11 Å². The molecular weight excluding hydrogens is 230 g/mol. The Hall–Kier alpha value is -0.940. The summed E-state index contributed by atoms with van der Waals surface area (Å²) >= 11 is 0.